The number of morpholine rings is 1. The first-order valence-electron chi connectivity index (χ1n) is 8.94. The van der Waals surface area contributed by atoms with Crippen LogP contribution in [0.2, 0.25) is 5.02 Å². The minimum absolute atomic E-state index is 0.0553. The zero-order valence-electron chi connectivity index (χ0n) is 15.3. The molecule has 2 aromatic carbocycles. The van der Waals surface area contributed by atoms with E-state index in [1.54, 1.807) is 46.8 Å². The largest absolute Gasteiger partial charge is 0.378 e. The van der Waals surface area contributed by atoms with E-state index in [1.807, 2.05) is 12.1 Å². The number of imidazole rings is 1. The van der Waals surface area contributed by atoms with E-state index in [9.17, 15) is 9.59 Å². The van der Waals surface area contributed by atoms with Crippen LogP contribution >= 0.6 is 11.6 Å². The molecule has 1 aromatic heterocycles. The van der Waals surface area contributed by atoms with Gasteiger partial charge in [-0.2, -0.15) is 0 Å². The number of aromatic nitrogens is 2. The lowest BCUT2D eigenvalue weighted by molar-refractivity contribution is 0.0303. The van der Waals surface area contributed by atoms with Gasteiger partial charge in [0.15, 0.2) is 0 Å². The Hall–Kier alpha value is -2.90. The Morgan fingerprint density at radius 3 is 2.43 bits per heavy atom. The van der Waals surface area contributed by atoms with Crippen molar-refractivity contribution in [2.75, 3.05) is 31.6 Å². The number of nitrogens with zero attached hydrogens (tertiary/aromatic N) is 3. The van der Waals surface area contributed by atoms with E-state index in [1.165, 1.54) is 0 Å². The molecule has 1 N–H and O–H groups in total. The van der Waals surface area contributed by atoms with E-state index in [2.05, 4.69) is 10.3 Å². The summed E-state index contributed by atoms with van der Waals surface area (Å²) in [6, 6.07) is 12.0. The summed E-state index contributed by atoms with van der Waals surface area (Å²) in [6.45, 7) is 2.26. The lowest BCUT2D eigenvalue weighted by Gasteiger charge is -2.26. The van der Waals surface area contributed by atoms with Crippen molar-refractivity contribution in [1.82, 2.24) is 14.5 Å². The second-order valence-electron chi connectivity index (χ2n) is 6.54. The van der Waals surface area contributed by atoms with E-state index in [0.717, 1.165) is 5.52 Å². The summed E-state index contributed by atoms with van der Waals surface area (Å²) in [4.78, 5) is 31.3. The number of hydrogen-bond acceptors (Lipinski definition) is 4. The molecule has 2 amide bonds. The number of carbonyl (C=O) groups is 2. The van der Waals surface area contributed by atoms with E-state index >= 15 is 0 Å². The minimum atomic E-state index is -0.306. The molecule has 28 heavy (non-hydrogen) atoms. The number of fused-ring (bicyclic) bond motifs is 1. The zero-order chi connectivity index (χ0) is 19.7. The Bertz CT molecular complexity index is 1040. The van der Waals surface area contributed by atoms with Gasteiger partial charge < -0.3 is 14.2 Å². The van der Waals surface area contributed by atoms with Crippen molar-refractivity contribution in [3.8, 4) is 0 Å². The molecule has 3 aromatic rings. The van der Waals surface area contributed by atoms with Gasteiger partial charge in [-0.25, -0.2) is 4.98 Å². The van der Waals surface area contributed by atoms with Crippen molar-refractivity contribution in [3.05, 3.63) is 58.6 Å². The standard InChI is InChI=1S/C20H19ClN4O3/c1-24-17-15(21)3-2-4-16(17)22-20(24)23-18(26)13-5-7-14(8-6-13)19(27)25-9-11-28-12-10-25/h2-8H,9-12H2,1H3,(H,22,23,26). The molecular weight excluding hydrogens is 380 g/mol. The van der Waals surface area contributed by atoms with Crippen LogP contribution in [0.4, 0.5) is 5.95 Å². The first-order chi connectivity index (χ1) is 13.5. The van der Waals surface area contributed by atoms with Gasteiger partial charge in [-0.15, -0.1) is 0 Å². The maximum Gasteiger partial charge on any atom is 0.257 e. The van der Waals surface area contributed by atoms with Crippen LogP contribution < -0.4 is 5.32 Å². The third-order valence-corrected chi connectivity index (χ3v) is 5.07. The van der Waals surface area contributed by atoms with Crippen LogP contribution in [-0.2, 0) is 11.8 Å². The number of anilines is 1. The molecule has 0 spiro atoms. The highest BCUT2D eigenvalue weighted by Crippen LogP contribution is 2.25. The van der Waals surface area contributed by atoms with E-state index in [4.69, 9.17) is 16.3 Å². The number of aryl methyl sites for hydroxylation is 1. The van der Waals surface area contributed by atoms with Gasteiger partial charge in [0.05, 0.1) is 29.3 Å². The first-order valence-corrected chi connectivity index (χ1v) is 9.32. The quantitative estimate of drug-likeness (QED) is 0.735. The molecule has 0 aliphatic carbocycles. The highest BCUT2D eigenvalue weighted by molar-refractivity contribution is 6.35. The predicted molar refractivity (Wildman–Crippen MR) is 107 cm³/mol. The normalized spacial score (nSPS) is 14.3. The van der Waals surface area contributed by atoms with Crippen molar-refractivity contribution < 1.29 is 14.3 Å². The molecule has 0 atom stereocenters. The Labute approximate surface area is 166 Å². The van der Waals surface area contributed by atoms with E-state index in [-0.39, 0.29) is 11.8 Å². The summed E-state index contributed by atoms with van der Waals surface area (Å²) < 4.78 is 7.01. The smallest absolute Gasteiger partial charge is 0.257 e. The molecule has 144 valence electrons. The minimum Gasteiger partial charge on any atom is -0.378 e. The number of carbonyl (C=O) groups excluding carboxylic acids is 2. The second-order valence-corrected chi connectivity index (χ2v) is 6.95. The molecule has 4 rings (SSSR count). The third-order valence-electron chi connectivity index (χ3n) is 4.76. The molecule has 2 heterocycles. The van der Waals surface area contributed by atoms with Crippen LogP contribution in [0.5, 0.6) is 0 Å². The van der Waals surface area contributed by atoms with E-state index in [0.29, 0.717) is 53.9 Å². The summed E-state index contributed by atoms with van der Waals surface area (Å²) in [5.41, 5.74) is 2.45. The Morgan fingerprint density at radius 1 is 1.07 bits per heavy atom. The fourth-order valence-electron chi connectivity index (χ4n) is 3.22. The highest BCUT2D eigenvalue weighted by Gasteiger charge is 2.19. The monoisotopic (exact) mass is 398 g/mol. The molecule has 7 nitrogen and oxygen atoms in total. The molecule has 1 aliphatic rings. The maximum atomic E-state index is 12.6. The van der Waals surface area contributed by atoms with Gasteiger partial charge in [0.25, 0.3) is 11.8 Å². The van der Waals surface area contributed by atoms with Crippen LogP contribution in [0.3, 0.4) is 0 Å². The van der Waals surface area contributed by atoms with E-state index < -0.39 is 0 Å². The third kappa shape index (κ3) is 3.46. The van der Waals surface area contributed by atoms with Gasteiger partial charge in [-0.3, -0.25) is 14.9 Å². The van der Waals surface area contributed by atoms with Crippen molar-refractivity contribution in [1.29, 1.82) is 0 Å². The van der Waals surface area contributed by atoms with Gasteiger partial charge in [0.2, 0.25) is 5.95 Å². The molecule has 0 bridgehead atoms. The van der Waals surface area contributed by atoms with Gasteiger partial charge in [-0.1, -0.05) is 17.7 Å². The lowest BCUT2D eigenvalue weighted by atomic mass is 10.1. The van der Waals surface area contributed by atoms with Gasteiger partial charge in [0.1, 0.15) is 0 Å². The molecule has 0 radical (unpaired) electrons. The predicted octanol–water partition coefficient (Wildman–Crippen LogP) is 2.95. The lowest BCUT2D eigenvalue weighted by Crippen LogP contribution is -2.40. The number of nitrogens with one attached hydrogen (secondary N) is 1. The Balaban J connectivity index is 1.50. The average molecular weight is 399 g/mol. The van der Waals surface area contributed by atoms with Crippen LogP contribution in [0, 0.1) is 0 Å². The van der Waals surface area contributed by atoms with Crippen LogP contribution in [0.15, 0.2) is 42.5 Å². The molecule has 1 fully saturated rings. The van der Waals surface area contributed by atoms with Crippen molar-refractivity contribution in [2.24, 2.45) is 7.05 Å². The molecule has 0 saturated carbocycles. The fourth-order valence-corrected chi connectivity index (χ4v) is 3.52. The van der Waals surface area contributed by atoms with Crippen LogP contribution in [-0.4, -0.2) is 52.6 Å². The summed E-state index contributed by atoms with van der Waals surface area (Å²) in [5.74, 6) is 0.0433. The van der Waals surface area contributed by atoms with Crippen molar-refractivity contribution in [2.45, 2.75) is 0 Å². The van der Waals surface area contributed by atoms with Crippen LogP contribution in [0.1, 0.15) is 20.7 Å². The Morgan fingerprint density at radius 2 is 1.75 bits per heavy atom. The summed E-state index contributed by atoms with van der Waals surface area (Å²) >= 11 is 6.22. The SMILES string of the molecule is Cn1c(NC(=O)c2ccc(C(=O)N3CCOCC3)cc2)nc2cccc(Cl)c21. The number of benzene rings is 2. The summed E-state index contributed by atoms with van der Waals surface area (Å²) in [6.07, 6.45) is 0. The Kier molecular flexibility index (Phi) is 5.02. The molecule has 1 aliphatic heterocycles. The maximum absolute atomic E-state index is 12.6. The number of hydrogen-bond donors (Lipinski definition) is 1. The average Bonchev–Trinajstić information content (AvgIpc) is 3.04. The zero-order valence-corrected chi connectivity index (χ0v) is 16.1. The molecular formula is C20H19ClN4O3. The number of halogens is 1. The molecule has 0 unspecified atom stereocenters. The second kappa shape index (κ2) is 7.61. The summed E-state index contributed by atoms with van der Waals surface area (Å²) in [7, 11) is 1.79. The first kappa shape index (κ1) is 18.5. The van der Waals surface area contributed by atoms with Gasteiger partial charge in [0, 0.05) is 31.3 Å². The molecule has 8 heteroatoms. The molecule has 1 saturated heterocycles. The van der Waals surface area contributed by atoms with Crippen LogP contribution in [0.25, 0.3) is 11.0 Å². The number of ether oxygens (including phenoxy) is 1. The number of amides is 2. The van der Waals surface area contributed by atoms with Crippen molar-refractivity contribution >= 4 is 40.4 Å². The van der Waals surface area contributed by atoms with Gasteiger partial charge in [-0.05, 0) is 36.4 Å². The van der Waals surface area contributed by atoms with Gasteiger partial charge >= 0.3 is 0 Å². The fraction of sp³-hybridized carbons (Fsp3) is 0.250. The highest BCUT2D eigenvalue weighted by atomic mass is 35.5. The summed E-state index contributed by atoms with van der Waals surface area (Å²) in [5, 5.41) is 3.37. The van der Waals surface area contributed by atoms with Crippen molar-refractivity contribution in [3.63, 3.8) is 0 Å². The number of rotatable bonds is 3. The number of para-hydroxylation sites is 1. The topological polar surface area (TPSA) is 76.5 Å².